The van der Waals surface area contributed by atoms with Crippen LogP contribution in [0.3, 0.4) is 0 Å². The topological polar surface area (TPSA) is 6.25 Å². The minimum Gasteiger partial charge on any atom is -0.299 e. The highest BCUT2D eigenvalue weighted by Crippen LogP contribution is 1.91. The van der Waals surface area contributed by atoms with Crippen LogP contribution in [0.5, 0.6) is 0 Å². The highest BCUT2D eigenvalue weighted by molar-refractivity contribution is 5.16. The second-order valence-corrected chi connectivity index (χ2v) is 2.56. The molecule has 10 heavy (non-hydrogen) atoms. The van der Waals surface area contributed by atoms with Crippen LogP contribution in [0.1, 0.15) is 0 Å². The average Bonchev–Trinajstić information content (AvgIpc) is 1.81. The molecule has 0 aromatic rings. The number of likely N-dealkylation sites (N-methyl/N-ethyl adjacent to an activating group) is 2. The van der Waals surface area contributed by atoms with Gasteiger partial charge in [0.05, 0.1) is 6.54 Å². The van der Waals surface area contributed by atoms with Crippen molar-refractivity contribution in [1.82, 2.24) is 4.90 Å². The van der Waals surface area contributed by atoms with Gasteiger partial charge in [-0.3, -0.25) is 4.90 Å². The fraction of sp³-hybridized carbons (Fsp3) is 0.500. The zero-order valence-corrected chi connectivity index (χ0v) is 7.02. The van der Waals surface area contributed by atoms with Crippen LogP contribution in [0, 0.1) is 0 Å². The van der Waals surface area contributed by atoms with Crippen LogP contribution in [0.15, 0.2) is 18.0 Å². The summed E-state index contributed by atoms with van der Waals surface area (Å²) >= 11 is 0. The molecule has 0 bridgehead atoms. The smallest absolute Gasteiger partial charge is 0.237 e. The third-order valence-corrected chi connectivity index (χ3v) is 1.13. The summed E-state index contributed by atoms with van der Waals surface area (Å²) in [6, 6.07) is 0. The van der Waals surface area contributed by atoms with E-state index < -0.39 is 0 Å². The molecule has 2 nitrogen and oxygen atoms in total. The van der Waals surface area contributed by atoms with Gasteiger partial charge in [-0.2, -0.15) is 0 Å². The fourth-order valence-corrected chi connectivity index (χ4v) is 0.611. The van der Waals surface area contributed by atoms with Crippen molar-refractivity contribution in [2.45, 2.75) is 0 Å². The molecule has 0 aromatic carbocycles. The summed E-state index contributed by atoms with van der Waals surface area (Å²) in [5.41, 5.74) is 3.83. The molecule has 0 saturated heterocycles. The molecule has 0 spiro atoms. The molecule has 0 atom stereocenters. The van der Waals surface area contributed by atoms with Gasteiger partial charge in [0, 0.05) is 0 Å². The van der Waals surface area contributed by atoms with Crippen molar-refractivity contribution in [2.24, 2.45) is 0 Å². The van der Waals surface area contributed by atoms with E-state index in [2.05, 4.69) is 23.9 Å². The van der Waals surface area contributed by atoms with Gasteiger partial charge in [0.15, 0.2) is 0 Å². The van der Waals surface area contributed by atoms with Crippen LogP contribution < -0.4 is 0 Å². The lowest BCUT2D eigenvalue weighted by Gasteiger charge is -2.06. The monoisotopic (exact) mass is 139 g/mol. The molecular weight excluding hydrogens is 124 g/mol. The Hall–Kier alpha value is -0.850. The lowest BCUT2D eigenvalue weighted by molar-refractivity contribution is -0.436. The van der Waals surface area contributed by atoms with Crippen molar-refractivity contribution >= 4 is 6.72 Å². The maximum absolute atomic E-state index is 3.73. The maximum Gasteiger partial charge on any atom is 0.237 e. The summed E-state index contributed by atoms with van der Waals surface area (Å²) < 4.78 is 1.77. The molecule has 0 amide bonds. The highest BCUT2D eigenvalue weighted by Gasteiger charge is 2.04. The van der Waals surface area contributed by atoms with Gasteiger partial charge < -0.3 is 0 Å². The van der Waals surface area contributed by atoms with Crippen LogP contribution >= 0.6 is 0 Å². The van der Waals surface area contributed by atoms with E-state index in [0.29, 0.717) is 0 Å². The molecule has 0 fully saturated rings. The van der Waals surface area contributed by atoms with E-state index in [1.54, 1.807) is 4.58 Å². The van der Waals surface area contributed by atoms with Crippen LogP contribution in [0.25, 0.3) is 0 Å². The molecule has 0 aliphatic rings. The first kappa shape index (κ1) is 9.15. The molecule has 0 aliphatic carbocycles. The second-order valence-electron chi connectivity index (χ2n) is 2.56. The van der Waals surface area contributed by atoms with Crippen molar-refractivity contribution < 1.29 is 4.58 Å². The highest BCUT2D eigenvalue weighted by atomic mass is 15.1. The number of rotatable bonds is 3. The van der Waals surface area contributed by atoms with E-state index in [0.717, 1.165) is 12.2 Å². The van der Waals surface area contributed by atoms with E-state index in [-0.39, 0.29) is 0 Å². The molecule has 0 rings (SSSR count). The minimum atomic E-state index is 0.837. The van der Waals surface area contributed by atoms with Crippen LogP contribution in [-0.4, -0.2) is 43.9 Å². The Bertz CT molecular complexity index is 174. The summed E-state index contributed by atoms with van der Waals surface area (Å²) in [6.07, 6.45) is 0. The van der Waals surface area contributed by atoms with Gasteiger partial charge in [-0.25, -0.2) is 4.58 Å². The Kier molecular flexibility index (Phi) is 3.70. The van der Waals surface area contributed by atoms with Crippen LogP contribution in [0.4, 0.5) is 0 Å². The summed E-state index contributed by atoms with van der Waals surface area (Å²) in [5.74, 6) is 0. The van der Waals surface area contributed by atoms with Gasteiger partial charge in [-0.05, 0) is 14.1 Å². The summed E-state index contributed by atoms with van der Waals surface area (Å²) in [4.78, 5) is 2.05. The first-order valence-corrected chi connectivity index (χ1v) is 3.15. The van der Waals surface area contributed by atoms with Gasteiger partial charge in [0.25, 0.3) is 0 Å². The lowest BCUT2D eigenvalue weighted by Crippen LogP contribution is -2.19. The molecule has 0 saturated carbocycles. The molecule has 0 unspecified atom stereocenters. The van der Waals surface area contributed by atoms with Gasteiger partial charge in [0.1, 0.15) is 13.8 Å². The average molecular weight is 139 g/mol. The Morgan fingerprint density at radius 1 is 1.60 bits per heavy atom. The Labute approximate surface area is 62.8 Å². The van der Waals surface area contributed by atoms with Gasteiger partial charge in [-0.1, -0.05) is 12.3 Å². The quantitative estimate of drug-likeness (QED) is 0.314. The van der Waals surface area contributed by atoms with Crippen molar-refractivity contribution in [3.8, 4) is 0 Å². The van der Waals surface area contributed by atoms with E-state index in [9.17, 15) is 0 Å². The van der Waals surface area contributed by atoms with Crippen molar-refractivity contribution in [3.63, 3.8) is 0 Å². The molecule has 0 N–H and O–H groups in total. The zero-order chi connectivity index (χ0) is 8.15. The van der Waals surface area contributed by atoms with Gasteiger partial charge in [0.2, 0.25) is 5.70 Å². The predicted molar refractivity (Wildman–Crippen MR) is 44.5 cm³/mol. The van der Waals surface area contributed by atoms with Gasteiger partial charge in [-0.15, -0.1) is 0 Å². The molecule has 0 aliphatic heterocycles. The SMILES string of the molecule is C=C=C(CN(C)C)[N+](=C)C. The first-order chi connectivity index (χ1) is 4.57. The third-order valence-electron chi connectivity index (χ3n) is 1.13. The normalized spacial score (nSPS) is 9.20. The molecule has 2 heteroatoms. The number of hydrogen-bond donors (Lipinski definition) is 0. The minimum absolute atomic E-state index is 0.837. The summed E-state index contributed by atoms with van der Waals surface area (Å²) in [7, 11) is 5.89. The van der Waals surface area contributed by atoms with Crippen molar-refractivity contribution in [2.75, 3.05) is 27.7 Å². The standard InChI is InChI=1S/C8H15N2/c1-6-8(10(4)5)7-9(2)3/h1,4,7H2,2-3,5H3/q+1. The lowest BCUT2D eigenvalue weighted by atomic mass is 10.4. The van der Waals surface area contributed by atoms with E-state index >= 15 is 0 Å². The zero-order valence-electron chi connectivity index (χ0n) is 7.02. The molecular formula is C8H15N2+. The molecule has 0 aromatic heterocycles. The Balaban J connectivity index is 4.13. The number of nitrogens with zero attached hydrogens (tertiary/aromatic N) is 2. The van der Waals surface area contributed by atoms with E-state index in [1.165, 1.54) is 0 Å². The predicted octanol–water partition coefficient (Wildman–Crippen LogP) is 0.560. The van der Waals surface area contributed by atoms with Crippen molar-refractivity contribution in [3.05, 3.63) is 18.0 Å². The second kappa shape index (κ2) is 4.04. The molecule has 0 radical (unpaired) electrons. The van der Waals surface area contributed by atoms with E-state index in [4.69, 9.17) is 0 Å². The van der Waals surface area contributed by atoms with Crippen molar-refractivity contribution in [1.29, 1.82) is 0 Å². The first-order valence-electron chi connectivity index (χ1n) is 3.15. The van der Waals surface area contributed by atoms with Crippen LogP contribution in [-0.2, 0) is 0 Å². The van der Waals surface area contributed by atoms with Gasteiger partial charge >= 0.3 is 0 Å². The molecule has 0 heterocycles. The van der Waals surface area contributed by atoms with E-state index in [1.807, 2.05) is 21.1 Å². The summed E-state index contributed by atoms with van der Waals surface area (Å²) in [6.45, 7) is 8.13. The number of hydrogen-bond acceptors (Lipinski definition) is 1. The fourth-order valence-electron chi connectivity index (χ4n) is 0.611. The largest absolute Gasteiger partial charge is 0.299 e. The third kappa shape index (κ3) is 3.23. The Morgan fingerprint density at radius 3 is 2.20 bits per heavy atom. The molecule has 56 valence electrons. The van der Waals surface area contributed by atoms with Crippen LogP contribution in [0.2, 0.25) is 0 Å². The Morgan fingerprint density at radius 2 is 2.10 bits per heavy atom. The summed E-state index contributed by atoms with van der Waals surface area (Å²) in [5, 5.41) is 0. The maximum atomic E-state index is 3.73.